The van der Waals surface area contributed by atoms with Gasteiger partial charge < -0.3 is 10.2 Å². The van der Waals surface area contributed by atoms with E-state index in [1.807, 2.05) is 75.4 Å². The lowest BCUT2D eigenvalue weighted by Gasteiger charge is -2.33. The van der Waals surface area contributed by atoms with Gasteiger partial charge in [-0.2, -0.15) is 13.2 Å². The van der Waals surface area contributed by atoms with E-state index in [-0.39, 0.29) is 24.6 Å². The number of nitrogens with one attached hydrogen (secondary N) is 1. The maximum Gasteiger partial charge on any atom is 0.416 e. The SMILES string of the molecule is Cc1ccc(CN(C(=O)CN(c2cccc(C(F)(F)F)c2)S(C)(=O)=O)C(Cc2ccccc2)C(=O)NCC(C)C)cc1. The minimum Gasteiger partial charge on any atom is -0.354 e. The first-order valence-corrected chi connectivity index (χ1v) is 15.3. The first-order chi connectivity index (χ1) is 19.6. The summed E-state index contributed by atoms with van der Waals surface area (Å²) in [5, 5.41) is 2.88. The molecule has 0 aromatic heterocycles. The molecule has 0 bridgehead atoms. The molecule has 0 saturated carbocycles. The van der Waals surface area contributed by atoms with Gasteiger partial charge in [0.05, 0.1) is 17.5 Å². The van der Waals surface area contributed by atoms with Crippen molar-refractivity contribution in [1.82, 2.24) is 10.2 Å². The molecule has 1 atom stereocenters. The number of nitrogens with zero attached hydrogens (tertiary/aromatic N) is 2. The van der Waals surface area contributed by atoms with Crippen molar-refractivity contribution in [3.05, 3.63) is 101 Å². The summed E-state index contributed by atoms with van der Waals surface area (Å²) in [6.07, 6.45) is -3.75. The van der Waals surface area contributed by atoms with Gasteiger partial charge in [0.1, 0.15) is 12.6 Å². The van der Waals surface area contributed by atoms with Gasteiger partial charge >= 0.3 is 6.18 Å². The molecule has 0 heterocycles. The quantitative estimate of drug-likeness (QED) is 0.309. The Kier molecular flexibility index (Phi) is 10.8. The van der Waals surface area contributed by atoms with Gasteiger partial charge in [-0.15, -0.1) is 0 Å². The number of anilines is 1. The largest absolute Gasteiger partial charge is 0.416 e. The number of carbonyl (C=O) groups excluding carboxylic acids is 2. The molecule has 3 aromatic rings. The molecule has 3 rings (SSSR count). The highest BCUT2D eigenvalue weighted by Crippen LogP contribution is 2.32. The van der Waals surface area contributed by atoms with Crippen molar-refractivity contribution in [1.29, 1.82) is 0 Å². The second kappa shape index (κ2) is 13.9. The number of amides is 2. The van der Waals surface area contributed by atoms with Gasteiger partial charge in [0, 0.05) is 19.5 Å². The molecule has 226 valence electrons. The van der Waals surface area contributed by atoms with E-state index in [4.69, 9.17) is 0 Å². The van der Waals surface area contributed by atoms with Gasteiger partial charge in [-0.3, -0.25) is 13.9 Å². The van der Waals surface area contributed by atoms with Crippen molar-refractivity contribution in [2.24, 2.45) is 5.92 Å². The first-order valence-electron chi connectivity index (χ1n) is 13.5. The lowest BCUT2D eigenvalue weighted by molar-refractivity contribution is -0.140. The molecule has 0 saturated heterocycles. The molecule has 11 heteroatoms. The lowest BCUT2D eigenvalue weighted by Crippen LogP contribution is -2.53. The number of halogens is 3. The average molecular weight is 604 g/mol. The standard InChI is InChI=1S/C31H36F3N3O4S/c1-22(2)19-35-30(39)28(17-24-9-6-5-7-10-24)36(20-25-15-13-23(3)14-16-25)29(38)21-37(42(4,40)41)27-12-8-11-26(18-27)31(32,33)34/h5-16,18,22,28H,17,19-21H2,1-4H3,(H,35,39). The van der Waals surface area contributed by atoms with E-state index in [0.717, 1.165) is 29.5 Å². The van der Waals surface area contributed by atoms with Crippen LogP contribution in [0.1, 0.15) is 36.1 Å². The number of aryl methyl sites for hydroxylation is 1. The van der Waals surface area contributed by atoms with Gasteiger partial charge in [-0.1, -0.05) is 80.1 Å². The lowest BCUT2D eigenvalue weighted by atomic mass is 10.0. The summed E-state index contributed by atoms with van der Waals surface area (Å²) < 4.78 is 66.6. The summed E-state index contributed by atoms with van der Waals surface area (Å²) >= 11 is 0. The first kappa shape index (κ1) is 32.7. The van der Waals surface area contributed by atoms with E-state index < -0.39 is 46.2 Å². The van der Waals surface area contributed by atoms with Crippen LogP contribution in [0, 0.1) is 12.8 Å². The van der Waals surface area contributed by atoms with Crippen LogP contribution in [-0.4, -0.2) is 50.5 Å². The zero-order valence-corrected chi connectivity index (χ0v) is 24.9. The van der Waals surface area contributed by atoms with Crippen LogP contribution in [-0.2, 0) is 38.8 Å². The van der Waals surface area contributed by atoms with E-state index in [1.54, 1.807) is 0 Å². The fourth-order valence-electron chi connectivity index (χ4n) is 4.32. The second-order valence-electron chi connectivity index (χ2n) is 10.7. The Morgan fingerprint density at radius 1 is 0.905 bits per heavy atom. The van der Waals surface area contributed by atoms with Crippen LogP contribution in [0.2, 0.25) is 0 Å². The van der Waals surface area contributed by atoms with Gasteiger partial charge in [0.25, 0.3) is 0 Å². The maximum absolute atomic E-state index is 14.0. The highest BCUT2D eigenvalue weighted by molar-refractivity contribution is 7.92. The maximum atomic E-state index is 14.0. The molecular formula is C31H36F3N3O4S. The molecule has 42 heavy (non-hydrogen) atoms. The summed E-state index contributed by atoms with van der Waals surface area (Å²) in [6.45, 7) is 5.31. The molecule has 7 nitrogen and oxygen atoms in total. The molecular weight excluding hydrogens is 567 g/mol. The van der Waals surface area contributed by atoms with Gasteiger partial charge in [-0.25, -0.2) is 8.42 Å². The van der Waals surface area contributed by atoms with Gasteiger partial charge in [0.15, 0.2) is 0 Å². The Hall–Kier alpha value is -3.86. The Morgan fingerprint density at radius 2 is 1.55 bits per heavy atom. The molecule has 0 fully saturated rings. The minimum absolute atomic E-state index is 0.0219. The van der Waals surface area contributed by atoms with E-state index >= 15 is 0 Å². The van der Waals surface area contributed by atoms with Crippen molar-refractivity contribution in [3.8, 4) is 0 Å². The number of hydrogen-bond acceptors (Lipinski definition) is 4. The fourth-order valence-corrected chi connectivity index (χ4v) is 5.16. The van der Waals surface area contributed by atoms with Crippen LogP contribution in [0.25, 0.3) is 0 Å². The number of alkyl halides is 3. The van der Waals surface area contributed by atoms with E-state index in [1.165, 1.54) is 11.0 Å². The van der Waals surface area contributed by atoms with E-state index in [9.17, 15) is 31.2 Å². The average Bonchev–Trinajstić information content (AvgIpc) is 2.92. The zero-order valence-electron chi connectivity index (χ0n) is 24.1. The van der Waals surface area contributed by atoms with Crippen molar-refractivity contribution in [2.75, 3.05) is 23.7 Å². The Bertz CT molecular complexity index is 1460. The van der Waals surface area contributed by atoms with Crippen LogP contribution in [0.3, 0.4) is 0 Å². The predicted molar refractivity (Wildman–Crippen MR) is 157 cm³/mol. The van der Waals surface area contributed by atoms with Crippen molar-refractivity contribution >= 4 is 27.5 Å². The molecule has 3 aromatic carbocycles. The molecule has 2 amide bonds. The third-order valence-corrected chi connectivity index (χ3v) is 7.71. The zero-order chi connectivity index (χ0) is 31.1. The van der Waals surface area contributed by atoms with Crippen LogP contribution in [0.4, 0.5) is 18.9 Å². The van der Waals surface area contributed by atoms with Crippen molar-refractivity contribution in [2.45, 2.75) is 46.0 Å². The molecule has 1 N–H and O–H groups in total. The highest BCUT2D eigenvalue weighted by atomic mass is 32.2. The third kappa shape index (κ3) is 9.34. The highest BCUT2D eigenvalue weighted by Gasteiger charge is 2.35. The third-order valence-electron chi connectivity index (χ3n) is 6.57. The van der Waals surface area contributed by atoms with Crippen LogP contribution >= 0.6 is 0 Å². The number of benzene rings is 3. The Balaban J connectivity index is 2.07. The minimum atomic E-state index is -4.71. The summed E-state index contributed by atoms with van der Waals surface area (Å²) in [5.74, 6) is -1.02. The van der Waals surface area contributed by atoms with Crippen LogP contribution in [0.5, 0.6) is 0 Å². The number of sulfonamides is 1. The smallest absolute Gasteiger partial charge is 0.354 e. The monoisotopic (exact) mass is 603 g/mol. The molecule has 0 aliphatic rings. The second-order valence-corrected chi connectivity index (χ2v) is 12.6. The number of carbonyl (C=O) groups is 2. The van der Waals surface area contributed by atoms with E-state index in [0.29, 0.717) is 22.5 Å². The van der Waals surface area contributed by atoms with Gasteiger partial charge in [0.2, 0.25) is 21.8 Å². The summed E-state index contributed by atoms with van der Waals surface area (Å²) in [6, 6.07) is 19.2. The predicted octanol–water partition coefficient (Wildman–Crippen LogP) is 5.19. The molecule has 0 aliphatic heterocycles. The van der Waals surface area contributed by atoms with Crippen LogP contribution < -0.4 is 9.62 Å². The van der Waals surface area contributed by atoms with Crippen molar-refractivity contribution in [3.63, 3.8) is 0 Å². The van der Waals surface area contributed by atoms with E-state index in [2.05, 4.69) is 5.32 Å². The molecule has 1 unspecified atom stereocenters. The molecule has 0 spiro atoms. The number of hydrogen-bond donors (Lipinski definition) is 1. The summed E-state index contributed by atoms with van der Waals surface area (Å²) in [4.78, 5) is 28.9. The van der Waals surface area contributed by atoms with Crippen molar-refractivity contribution < 1.29 is 31.2 Å². The topological polar surface area (TPSA) is 86.8 Å². The fraction of sp³-hybridized carbons (Fsp3) is 0.355. The van der Waals surface area contributed by atoms with Gasteiger partial charge in [-0.05, 0) is 42.2 Å². The molecule has 0 aliphatic carbocycles. The number of rotatable bonds is 12. The normalized spacial score (nSPS) is 12.6. The van der Waals surface area contributed by atoms with Crippen LogP contribution in [0.15, 0.2) is 78.9 Å². The summed E-state index contributed by atoms with van der Waals surface area (Å²) in [7, 11) is -4.20. The summed E-state index contributed by atoms with van der Waals surface area (Å²) in [5.41, 5.74) is 1.11. The Labute approximate surface area is 245 Å². The molecule has 0 radical (unpaired) electrons. The Morgan fingerprint density at radius 3 is 2.12 bits per heavy atom.